The van der Waals surface area contributed by atoms with Crippen molar-refractivity contribution in [1.82, 2.24) is 4.98 Å². The van der Waals surface area contributed by atoms with Gasteiger partial charge in [0.1, 0.15) is 0 Å². The fourth-order valence-corrected chi connectivity index (χ4v) is 2.44. The van der Waals surface area contributed by atoms with Gasteiger partial charge in [0.15, 0.2) is 0 Å². The van der Waals surface area contributed by atoms with Gasteiger partial charge >= 0.3 is 0 Å². The molecule has 0 N–H and O–H groups in total. The summed E-state index contributed by atoms with van der Waals surface area (Å²) in [7, 11) is 1.51. The molecule has 3 nitrogen and oxygen atoms in total. The van der Waals surface area contributed by atoms with E-state index in [-0.39, 0.29) is 6.42 Å². The van der Waals surface area contributed by atoms with Crippen LogP contribution < -0.4 is 4.74 Å². The Morgan fingerprint density at radius 1 is 1.15 bits per heavy atom. The smallest absolute Gasteiger partial charge is 0.217 e. The normalized spacial score (nSPS) is 10.2. The highest BCUT2D eigenvalue weighted by Gasteiger charge is 2.12. The zero-order valence-corrected chi connectivity index (χ0v) is 12.7. The molecule has 1 aromatic carbocycles. The zero-order valence-electron chi connectivity index (χ0n) is 10.5. The molecule has 0 unspecified atom stereocenters. The summed E-state index contributed by atoms with van der Waals surface area (Å²) in [4.78, 5) is 4.18. The molecule has 0 aliphatic carbocycles. The molecule has 102 valence electrons. The Morgan fingerprint density at radius 3 is 2.50 bits per heavy atom. The van der Waals surface area contributed by atoms with Crippen molar-refractivity contribution in [1.29, 1.82) is 5.26 Å². The summed E-state index contributed by atoms with van der Waals surface area (Å²) < 4.78 is 5.12. The van der Waals surface area contributed by atoms with E-state index in [4.69, 9.17) is 44.8 Å². The van der Waals surface area contributed by atoms with E-state index >= 15 is 0 Å². The van der Waals surface area contributed by atoms with Crippen molar-refractivity contribution in [2.45, 2.75) is 6.42 Å². The van der Waals surface area contributed by atoms with Gasteiger partial charge in [0.25, 0.3) is 0 Å². The third kappa shape index (κ3) is 2.99. The van der Waals surface area contributed by atoms with Crippen LogP contribution in [0.15, 0.2) is 24.4 Å². The zero-order chi connectivity index (χ0) is 14.7. The minimum atomic E-state index is 0.197. The maximum atomic E-state index is 8.84. The standard InChI is InChI=1S/C14H9Cl3N2O/c1-20-14-8(2-3-18)4-9(7-19-14)10-5-12(16)13(17)6-11(10)15/h4-7H,2H2,1H3. The first-order valence-electron chi connectivity index (χ1n) is 5.61. The average molecular weight is 328 g/mol. The van der Waals surface area contributed by atoms with Crippen LogP contribution in [-0.2, 0) is 6.42 Å². The van der Waals surface area contributed by atoms with Gasteiger partial charge in [0.05, 0.1) is 34.7 Å². The maximum Gasteiger partial charge on any atom is 0.217 e. The van der Waals surface area contributed by atoms with Crippen molar-refractivity contribution in [3.05, 3.63) is 45.0 Å². The maximum absolute atomic E-state index is 8.84. The summed E-state index contributed by atoms with van der Waals surface area (Å²) in [6, 6.07) is 7.13. The number of ether oxygens (including phenoxy) is 1. The van der Waals surface area contributed by atoms with Gasteiger partial charge in [-0.2, -0.15) is 5.26 Å². The van der Waals surface area contributed by atoms with Crippen LogP contribution >= 0.6 is 34.8 Å². The lowest BCUT2D eigenvalue weighted by Crippen LogP contribution is -1.95. The predicted molar refractivity (Wildman–Crippen MR) is 80.6 cm³/mol. The van der Waals surface area contributed by atoms with Crippen molar-refractivity contribution in [2.24, 2.45) is 0 Å². The minimum absolute atomic E-state index is 0.197. The van der Waals surface area contributed by atoms with Crippen molar-refractivity contribution in [3.63, 3.8) is 0 Å². The molecule has 0 fully saturated rings. The highest BCUT2D eigenvalue weighted by molar-refractivity contribution is 6.44. The fraction of sp³-hybridized carbons (Fsp3) is 0.143. The largest absolute Gasteiger partial charge is 0.481 e. The van der Waals surface area contributed by atoms with Gasteiger partial charge in [0.2, 0.25) is 5.88 Å². The van der Waals surface area contributed by atoms with E-state index < -0.39 is 0 Å². The Balaban J connectivity index is 2.56. The second-order valence-electron chi connectivity index (χ2n) is 3.97. The number of rotatable bonds is 3. The third-order valence-electron chi connectivity index (χ3n) is 2.71. The Morgan fingerprint density at radius 2 is 1.85 bits per heavy atom. The number of nitrogens with zero attached hydrogens (tertiary/aromatic N) is 2. The van der Waals surface area contributed by atoms with Crippen molar-refractivity contribution in [3.8, 4) is 23.1 Å². The topological polar surface area (TPSA) is 45.9 Å². The van der Waals surface area contributed by atoms with Crippen LogP contribution in [0.25, 0.3) is 11.1 Å². The van der Waals surface area contributed by atoms with Gasteiger partial charge in [-0.3, -0.25) is 0 Å². The highest BCUT2D eigenvalue weighted by atomic mass is 35.5. The molecule has 6 heteroatoms. The van der Waals surface area contributed by atoms with Gasteiger partial charge in [-0.25, -0.2) is 4.98 Å². The van der Waals surface area contributed by atoms with Crippen LogP contribution in [0.4, 0.5) is 0 Å². The Hall–Kier alpha value is -1.47. The van der Waals surface area contributed by atoms with E-state index in [2.05, 4.69) is 11.1 Å². The molecule has 0 saturated heterocycles. The molecule has 0 bridgehead atoms. The number of hydrogen-bond acceptors (Lipinski definition) is 3. The van der Waals surface area contributed by atoms with Crippen LogP contribution in [0.2, 0.25) is 15.1 Å². The summed E-state index contributed by atoms with van der Waals surface area (Å²) >= 11 is 18.1. The molecular weight excluding hydrogens is 319 g/mol. The number of nitriles is 1. The Bertz CT molecular complexity index is 696. The van der Waals surface area contributed by atoms with Crippen LogP contribution in [-0.4, -0.2) is 12.1 Å². The number of methoxy groups -OCH3 is 1. The minimum Gasteiger partial charge on any atom is -0.481 e. The van der Waals surface area contributed by atoms with E-state index in [1.165, 1.54) is 7.11 Å². The first kappa shape index (κ1) is 14.9. The summed E-state index contributed by atoms with van der Waals surface area (Å²) in [6.07, 6.45) is 1.81. The molecule has 0 spiro atoms. The Kier molecular flexibility index (Phi) is 4.72. The second-order valence-corrected chi connectivity index (χ2v) is 5.20. The van der Waals surface area contributed by atoms with E-state index in [0.29, 0.717) is 32.1 Å². The summed E-state index contributed by atoms with van der Waals surface area (Å²) in [6.45, 7) is 0. The third-order valence-corrected chi connectivity index (χ3v) is 3.74. The highest BCUT2D eigenvalue weighted by Crippen LogP contribution is 2.36. The Labute approximate surface area is 131 Å². The SMILES string of the molecule is COc1ncc(-c2cc(Cl)c(Cl)cc2Cl)cc1CC#N. The molecule has 20 heavy (non-hydrogen) atoms. The molecule has 0 saturated carbocycles. The summed E-state index contributed by atoms with van der Waals surface area (Å²) in [5.41, 5.74) is 2.14. The molecule has 2 rings (SSSR count). The molecule has 0 aliphatic rings. The number of halogens is 3. The van der Waals surface area contributed by atoms with E-state index in [1.807, 2.05) is 0 Å². The van der Waals surface area contributed by atoms with Gasteiger partial charge in [0, 0.05) is 22.9 Å². The van der Waals surface area contributed by atoms with Gasteiger partial charge in [-0.15, -0.1) is 0 Å². The molecule has 1 aromatic heterocycles. The monoisotopic (exact) mass is 326 g/mol. The van der Waals surface area contributed by atoms with Gasteiger partial charge in [-0.05, 0) is 18.2 Å². The van der Waals surface area contributed by atoms with Gasteiger partial charge < -0.3 is 4.74 Å². The van der Waals surface area contributed by atoms with E-state index in [0.717, 1.165) is 5.56 Å². The first-order valence-corrected chi connectivity index (χ1v) is 6.75. The lowest BCUT2D eigenvalue weighted by Gasteiger charge is -2.10. The molecule has 0 amide bonds. The lowest BCUT2D eigenvalue weighted by atomic mass is 10.0. The van der Waals surface area contributed by atoms with Crippen LogP contribution in [0.1, 0.15) is 5.56 Å². The molecule has 1 heterocycles. The first-order chi connectivity index (χ1) is 9.56. The number of aromatic nitrogens is 1. The van der Waals surface area contributed by atoms with E-state index in [1.54, 1.807) is 24.4 Å². The molecule has 0 atom stereocenters. The van der Waals surface area contributed by atoms with Crippen LogP contribution in [0.5, 0.6) is 5.88 Å². The quantitative estimate of drug-likeness (QED) is 0.762. The lowest BCUT2D eigenvalue weighted by molar-refractivity contribution is 0.394. The molecule has 0 aliphatic heterocycles. The van der Waals surface area contributed by atoms with Crippen LogP contribution in [0.3, 0.4) is 0 Å². The van der Waals surface area contributed by atoms with E-state index in [9.17, 15) is 0 Å². The van der Waals surface area contributed by atoms with Crippen molar-refractivity contribution in [2.75, 3.05) is 7.11 Å². The van der Waals surface area contributed by atoms with Gasteiger partial charge in [-0.1, -0.05) is 34.8 Å². The molecule has 0 radical (unpaired) electrons. The van der Waals surface area contributed by atoms with Crippen LogP contribution in [0, 0.1) is 11.3 Å². The number of pyridine rings is 1. The van der Waals surface area contributed by atoms with Crippen molar-refractivity contribution >= 4 is 34.8 Å². The number of hydrogen-bond donors (Lipinski definition) is 0. The molecular formula is C14H9Cl3N2O. The predicted octanol–water partition coefficient (Wildman–Crippen LogP) is 4.78. The summed E-state index contributed by atoms with van der Waals surface area (Å²) in [5.74, 6) is 0.423. The van der Waals surface area contributed by atoms with Crippen molar-refractivity contribution < 1.29 is 4.74 Å². The second kappa shape index (κ2) is 6.32. The fourth-order valence-electron chi connectivity index (χ4n) is 1.78. The average Bonchev–Trinajstić information content (AvgIpc) is 2.43. The number of benzene rings is 1. The summed E-state index contributed by atoms with van der Waals surface area (Å²) in [5, 5.41) is 10.1. The molecule has 2 aromatic rings.